The number of aromatic nitrogens is 2. The largest absolute Gasteiger partial charge is 0.324 e. The summed E-state index contributed by atoms with van der Waals surface area (Å²) in [6, 6.07) is 13.6. The average molecular weight is 432 g/mol. The van der Waals surface area contributed by atoms with Crippen LogP contribution in [0.25, 0.3) is 0 Å². The van der Waals surface area contributed by atoms with Gasteiger partial charge in [0, 0.05) is 16.8 Å². The van der Waals surface area contributed by atoms with Crippen molar-refractivity contribution in [2.75, 3.05) is 5.32 Å². The number of amides is 1. The molecule has 1 aromatic heterocycles. The predicted molar refractivity (Wildman–Crippen MR) is 110 cm³/mol. The molecule has 0 unspecified atom stereocenters. The number of benzene rings is 2. The fourth-order valence-corrected chi connectivity index (χ4v) is 4.11. The van der Waals surface area contributed by atoms with Crippen LogP contribution in [0.4, 0.5) is 5.69 Å². The molecule has 0 fully saturated rings. The standard InChI is InChI=1S/C20H18ClN3O4S/c1-13-4-3-5-16(10-13)29(27,28)19-8-9-20(26)24(23-19)12-18(25)22-17-11-15(21)7-6-14(17)2/h3-11H,12H2,1-2H3,(H,22,25). The van der Waals surface area contributed by atoms with Crippen molar-refractivity contribution in [2.45, 2.75) is 30.3 Å². The third-order valence-corrected chi connectivity index (χ3v) is 6.06. The fraction of sp³-hybridized carbons (Fsp3) is 0.150. The van der Waals surface area contributed by atoms with Gasteiger partial charge in [-0.05, 0) is 55.3 Å². The van der Waals surface area contributed by atoms with Gasteiger partial charge in [-0.3, -0.25) is 9.59 Å². The van der Waals surface area contributed by atoms with Crippen LogP contribution in [0.15, 0.2) is 69.3 Å². The van der Waals surface area contributed by atoms with Crippen molar-refractivity contribution in [3.05, 3.63) is 81.1 Å². The molecule has 150 valence electrons. The van der Waals surface area contributed by atoms with Gasteiger partial charge in [0.25, 0.3) is 5.56 Å². The number of hydrogen-bond donors (Lipinski definition) is 1. The summed E-state index contributed by atoms with van der Waals surface area (Å²) in [4.78, 5) is 24.5. The average Bonchev–Trinajstić information content (AvgIpc) is 2.66. The Hall–Kier alpha value is -2.97. The zero-order valence-corrected chi connectivity index (χ0v) is 17.3. The Labute approximate surface area is 172 Å². The highest BCUT2D eigenvalue weighted by molar-refractivity contribution is 7.91. The summed E-state index contributed by atoms with van der Waals surface area (Å²) in [5, 5.41) is 6.69. The molecule has 3 rings (SSSR count). The normalized spacial score (nSPS) is 11.3. The first-order valence-corrected chi connectivity index (χ1v) is 10.5. The van der Waals surface area contributed by atoms with Crippen molar-refractivity contribution in [3.63, 3.8) is 0 Å². The lowest BCUT2D eigenvalue weighted by Gasteiger charge is -2.11. The second-order valence-electron chi connectivity index (χ2n) is 6.49. The van der Waals surface area contributed by atoms with E-state index in [-0.39, 0.29) is 9.92 Å². The zero-order chi connectivity index (χ0) is 21.2. The summed E-state index contributed by atoms with van der Waals surface area (Å²) in [6.07, 6.45) is 0. The van der Waals surface area contributed by atoms with Crippen LogP contribution in [0.2, 0.25) is 5.02 Å². The number of hydrogen-bond acceptors (Lipinski definition) is 5. The SMILES string of the molecule is Cc1cccc(S(=O)(=O)c2ccc(=O)n(CC(=O)Nc3cc(Cl)ccc3C)n2)c1. The molecule has 0 saturated heterocycles. The number of nitrogens with one attached hydrogen (secondary N) is 1. The van der Waals surface area contributed by atoms with Gasteiger partial charge in [0.15, 0.2) is 5.03 Å². The van der Waals surface area contributed by atoms with Gasteiger partial charge in [-0.1, -0.05) is 29.8 Å². The third kappa shape index (κ3) is 4.72. The van der Waals surface area contributed by atoms with Crippen molar-refractivity contribution in [1.82, 2.24) is 9.78 Å². The van der Waals surface area contributed by atoms with Crippen molar-refractivity contribution >= 4 is 33.0 Å². The van der Waals surface area contributed by atoms with Crippen LogP contribution in [0.1, 0.15) is 11.1 Å². The number of aryl methyl sites for hydroxylation is 2. The first-order chi connectivity index (χ1) is 13.7. The minimum Gasteiger partial charge on any atom is -0.324 e. The van der Waals surface area contributed by atoms with Crippen molar-refractivity contribution in [1.29, 1.82) is 0 Å². The van der Waals surface area contributed by atoms with Crippen LogP contribution in [-0.2, 0) is 21.2 Å². The molecule has 0 saturated carbocycles. The monoisotopic (exact) mass is 431 g/mol. The zero-order valence-electron chi connectivity index (χ0n) is 15.7. The lowest BCUT2D eigenvalue weighted by molar-refractivity contribution is -0.117. The van der Waals surface area contributed by atoms with Crippen LogP contribution in [-0.4, -0.2) is 24.1 Å². The highest BCUT2D eigenvalue weighted by Gasteiger charge is 2.21. The van der Waals surface area contributed by atoms with E-state index in [0.29, 0.717) is 10.7 Å². The number of sulfone groups is 1. The molecule has 2 aromatic carbocycles. The van der Waals surface area contributed by atoms with Gasteiger partial charge in [-0.2, -0.15) is 5.10 Å². The fourth-order valence-electron chi connectivity index (χ4n) is 2.64. The van der Waals surface area contributed by atoms with E-state index < -0.39 is 27.8 Å². The van der Waals surface area contributed by atoms with Crippen molar-refractivity contribution in [2.24, 2.45) is 0 Å². The molecule has 1 N–H and O–H groups in total. The van der Waals surface area contributed by atoms with E-state index >= 15 is 0 Å². The lowest BCUT2D eigenvalue weighted by atomic mass is 10.2. The molecule has 0 aliphatic carbocycles. The molecule has 1 heterocycles. The molecule has 29 heavy (non-hydrogen) atoms. The molecule has 0 atom stereocenters. The van der Waals surface area contributed by atoms with Gasteiger partial charge < -0.3 is 5.32 Å². The van der Waals surface area contributed by atoms with E-state index in [2.05, 4.69) is 10.4 Å². The number of nitrogens with zero attached hydrogens (tertiary/aromatic N) is 2. The Kier molecular flexibility index (Phi) is 5.86. The quantitative estimate of drug-likeness (QED) is 0.669. The molecule has 7 nitrogen and oxygen atoms in total. The van der Waals surface area contributed by atoms with Gasteiger partial charge in [0.2, 0.25) is 15.7 Å². The maximum absolute atomic E-state index is 12.8. The van der Waals surface area contributed by atoms with Crippen LogP contribution in [0, 0.1) is 13.8 Å². The van der Waals surface area contributed by atoms with E-state index in [9.17, 15) is 18.0 Å². The molecular formula is C20H18ClN3O4S. The number of carbonyl (C=O) groups is 1. The molecule has 0 radical (unpaired) electrons. The number of carbonyl (C=O) groups excluding carboxylic acids is 1. The highest BCUT2D eigenvalue weighted by atomic mass is 35.5. The van der Waals surface area contributed by atoms with E-state index in [1.165, 1.54) is 12.1 Å². The predicted octanol–water partition coefficient (Wildman–Crippen LogP) is 2.99. The summed E-state index contributed by atoms with van der Waals surface area (Å²) < 4.78 is 26.4. The number of anilines is 1. The summed E-state index contributed by atoms with van der Waals surface area (Å²) in [6.45, 7) is 3.13. The first kappa shape index (κ1) is 20.8. The summed E-state index contributed by atoms with van der Waals surface area (Å²) >= 11 is 5.94. The summed E-state index contributed by atoms with van der Waals surface area (Å²) in [7, 11) is -3.93. The van der Waals surface area contributed by atoms with Crippen LogP contribution >= 0.6 is 11.6 Å². The van der Waals surface area contributed by atoms with Crippen LogP contribution < -0.4 is 10.9 Å². The Bertz CT molecular complexity index is 1250. The van der Waals surface area contributed by atoms with Gasteiger partial charge >= 0.3 is 0 Å². The Morgan fingerprint density at radius 1 is 1.10 bits per heavy atom. The second kappa shape index (κ2) is 8.18. The number of rotatable bonds is 5. The van der Waals surface area contributed by atoms with E-state index in [0.717, 1.165) is 27.9 Å². The summed E-state index contributed by atoms with van der Waals surface area (Å²) in [5.74, 6) is -0.532. The molecule has 3 aromatic rings. The lowest BCUT2D eigenvalue weighted by Crippen LogP contribution is -2.30. The molecule has 9 heteroatoms. The van der Waals surface area contributed by atoms with Gasteiger partial charge in [-0.25, -0.2) is 13.1 Å². The molecule has 0 aliphatic rings. The smallest absolute Gasteiger partial charge is 0.267 e. The topological polar surface area (TPSA) is 98.1 Å². The van der Waals surface area contributed by atoms with Gasteiger partial charge in [0.05, 0.1) is 4.90 Å². The minimum absolute atomic E-state index is 0.0641. The third-order valence-electron chi connectivity index (χ3n) is 4.18. The molecule has 0 spiro atoms. The first-order valence-electron chi connectivity index (χ1n) is 8.63. The van der Waals surface area contributed by atoms with Crippen molar-refractivity contribution < 1.29 is 13.2 Å². The van der Waals surface area contributed by atoms with E-state index in [4.69, 9.17) is 11.6 Å². The molecule has 0 aliphatic heterocycles. The molecule has 1 amide bonds. The maximum Gasteiger partial charge on any atom is 0.267 e. The Morgan fingerprint density at radius 2 is 1.86 bits per heavy atom. The highest BCUT2D eigenvalue weighted by Crippen LogP contribution is 2.21. The Balaban J connectivity index is 1.88. The molecule has 0 bridgehead atoms. The van der Waals surface area contributed by atoms with E-state index in [1.807, 2.05) is 0 Å². The summed E-state index contributed by atoms with van der Waals surface area (Å²) in [5.41, 5.74) is 1.47. The van der Waals surface area contributed by atoms with Gasteiger partial charge in [0.1, 0.15) is 6.54 Å². The van der Waals surface area contributed by atoms with Crippen LogP contribution in [0.3, 0.4) is 0 Å². The van der Waals surface area contributed by atoms with E-state index in [1.54, 1.807) is 44.2 Å². The Morgan fingerprint density at radius 3 is 2.59 bits per heavy atom. The minimum atomic E-state index is -3.93. The van der Waals surface area contributed by atoms with Crippen LogP contribution in [0.5, 0.6) is 0 Å². The second-order valence-corrected chi connectivity index (χ2v) is 8.83. The maximum atomic E-state index is 12.8. The van der Waals surface area contributed by atoms with Crippen molar-refractivity contribution in [3.8, 4) is 0 Å². The molecular weight excluding hydrogens is 414 g/mol. The number of halogens is 1. The van der Waals surface area contributed by atoms with Gasteiger partial charge in [-0.15, -0.1) is 0 Å².